The summed E-state index contributed by atoms with van der Waals surface area (Å²) < 4.78 is 0. The summed E-state index contributed by atoms with van der Waals surface area (Å²) in [5.74, 6) is -0.173. The van der Waals surface area contributed by atoms with Gasteiger partial charge < -0.3 is 11.1 Å². The van der Waals surface area contributed by atoms with Gasteiger partial charge in [0.2, 0.25) is 5.91 Å². The Kier molecular flexibility index (Phi) is 4.43. The van der Waals surface area contributed by atoms with Crippen LogP contribution in [0.1, 0.15) is 29.2 Å². The lowest BCUT2D eigenvalue weighted by Gasteiger charge is -2.24. The van der Waals surface area contributed by atoms with Crippen LogP contribution < -0.4 is 11.1 Å². The van der Waals surface area contributed by atoms with Crippen molar-refractivity contribution < 1.29 is 4.79 Å². The number of hydrogen-bond donors (Lipinski definition) is 2. The first kappa shape index (κ1) is 15.3. The van der Waals surface area contributed by atoms with E-state index in [1.54, 1.807) is 6.92 Å². The van der Waals surface area contributed by atoms with E-state index in [0.717, 1.165) is 11.1 Å². The minimum absolute atomic E-state index is 0.173. The highest BCUT2D eigenvalue weighted by molar-refractivity contribution is 5.86. The lowest BCUT2D eigenvalue weighted by Crippen LogP contribution is -2.48. The van der Waals surface area contributed by atoms with Crippen LogP contribution in [0.4, 0.5) is 0 Å². The minimum atomic E-state index is -1.03. The van der Waals surface area contributed by atoms with Gasteiger partial charge in [-0.2, -0.15) is 0 Å². The Morgan fingerprint density at radius 1 is 1.14 bits per heavy atom. The number of carbonyl (C=O) groups is 1. The molecule has 0 radical (unpaired) electrons. The summed E-state index contributed by atoms with van der Waals surface area (Å²) in [6.07, 6.45) is 0. The van der Waals surface area contributed by atoms with Gasteiger partial charge in [-0.15, -0.1) is 0 Å². The highest BCUT2D eigenvalue weighted by Crippen LogP contribution is 2.18. The lowest BCUT2D eigenvalue weighted by molar-refractivity contribution is -0.126. The van der Waals surface area contributed by atoms with Crippen molar-refractivity contribution in [1.29, 1.82) is 0 Å². The van der Waals surface area contributed by atoms with E-state index in [1.807, 2.05) is 49.4 Å². The van der Waals surface area contributed by atoms with Gasteiger partial charge >= 0.3 is 0 Å². The van der Waals surface area contributed by atoms with Gasteiger partial charge in [0.1, 0.15) is 5.54 Å². The fraction of sp³-hybridized carbons (Fsp3) is 0.278. The van der Waals surface area contributed by atoms with Gasteiger partial charge in [-0.3, -0.25) is 4.79 Å². The average Bonchev–Trinajstić information content (AvgIpc) is 2.47. The van der Waals surface area contributed by atoms with Gasteiger partial charge in [0.15, 0.2) is 0 Å². The highest BCUT2D eigenvalue weighted by atomic mass is 16.2. The largest absolute Gasteiger partial charge is 0.350 e. The van der Waals surface area contributed by atoms with E-state index in [4.69, 9.17) is 5.73 Å². The van der Waals surface area contributed by atoms with Gasteiger partial charge in [0.05, 0.1) is 0 Å². The second-order valence-electron chi connectivity index (χ2n) is 5.68. The molecule has 2 rings (SSSR count). The molecular formula is C18H22N2O. The molecule has 0 heterocycles. The van der Waals surface area contributed by atoms with Gasteiger partial charge in [-0.25, -0.2) is 0 Å². The van der Waals surface area contributed by atoms with Crippen LogP contribution in [-0.2, 0) is 16.9 Å². The number of nitrogens with two attached hydrogens (primary N) is 1. The molecule has 1 unspecified atom stereocenters. The van der Waals surface area contributed by atoms with E-state index in [2.05, 4.69) is 18.3 Å². The zero-order valence-corrected chi connectivity index (χ0v) is 12.8. The monoisotopic (exact) mass is 282 g/mol. The molecule has 1 atom stereocenters. The van der Waals surface area contributed by atoms with Crippen molar-refractivity contribution >= 4 is 5.91 Å². The second-order valence-corrected chi connectivity index (χ2v) is 5.68. The van der Waals surface area contributed by atoms with Crippen LogP contribution in [0.15, 0.2) is 48.5 Å². The Morgan fingerprint density at radius 3 is 2.43 bits per heavy atom. The molecule has 0 saturated heterocycles. The summed E-state index contributed by atoms with van der Waals surface area (Å²) in [6, 6.07) is 15.6. The first-order valence-corrected chi connectivity index (χ1v) is 7.10. The standard InChI is InChI=1S/C18H22N2O/c1-13-9-10-15(14(2)11-13)12-20-17(21)18(3,19)16-7-5-4-6-8-16/h4-11H,12,19H2,1-3H3,(H,20,21). The molecule has 21 heavy (non-hydrogen) atoms. The summed E-state index contributed by atoms with van der Waals surface area (Å²) in [5.41, 5.74) is 9.48. The molecule has 0 fully saturated rings. The smallest absolute Gasteiger partial charge is 0.244 e. The predicted octanol–water partition coefficient (Wildman–Crippen LogP) is 2.79. The fourth-order valence-electron chi connectivity index (χ4n) is 2.32. The van der Waals surface area contributed by atoms with Crippen LogP contribution in [0.5, 0.6) is 0 Å². The molecule has 0 spiro atoms. The molecule has 0 aliphatic rings. The normalized spacial score (nSPS) is 13.5. The van der Waals surface area contributed by atoms with Crippen LogP contribution in [0.3, 0.4) is 0 Å². The van der Waals surface area contributed by atoms with Crippen molar-refractivity contribution in [1.82, 2.24) is 5.32 Å². The second kappa shape index (κ2) is 6.10. The summed E-state index contributed by atoms with van der Waals surface area (Å²) in [6.45, 7) is 6.33. The number of amides is 1. The minimum Gasteiger partial charge on any atom is -0.350 e. The van der Waals surface area contributed by atoms with E-state index in [0.29, 0.717) is 6.54 Å². The molecule has 0 aromatic heterocycles. The quantitative estimate of drug-likeness (QED) is 0.906. The number of aryl methyl sites for hydroxylation is 2. The Labute approximate surface area is 126 Å². The third-order valence-corrected chi connectivity index (χ3v) is 3.78. The molecule has 3 nitrogen and oxygen atoms in total. The lowest BCUT2D eigenvalue weighted by atomic mass is 9.92. The summed E-state index contributed by atoms with van der Waals surface area (Å²) in [4.78, 5) is 12.4. The molecule has 3 N–H and O–H groups in total. The first-order valence-electron chi connectivity index (χ1n) is 7.10. The Balaban J connectivity index is 2.08. The SMILES string of the molecule is Cc1ccc(CNC(=O)C(C)(N)c2ccccc2)c(C)c1. The van der Waals surface area contributed by atoms with Crippen molar-refractivity contribution in [3.63, 3.8) is 0 Å². The molecule has 0 aliphatic carbocycles. The number of benzene rings is 2. The topological polar surface area (TPSA) is 55.1 Å². The number of nitrogens with one attached hydrogen (secondary N) is 1. The summed E-state index contributed by atoms with van der Waals surface area (Å²) >= 11 is 0. The van der Waals surface area contributed by atoms with E-state index in [9.17, 15) is 4.79 Å². The maximum atomic E-state index is 12.4. The molecule has 2 aromatic carbocycles. The van der Waals surface area contributed by atoms with E-state index in [1.165, 1.54) is 11.1 Å². The number of rotatable bonds is 4. The molecule has 0 saturated carbocycles. The van der Waals surface area contributed by atoms with Crippen LogP contribution in [0.25, 0.3) is 0 Å². The molecular weight excluding hydrogens is 260 g/mol. The van der Waals surface area contributed by atoms with Crippen LogP contribution in [0, 0.1) is 13.8 Å². The molecule has 0 bridgehead atoms. The van der Waals surface area contributed by atoms with Crippen molar-refractivity contribution in [2.24, 2.45) is 5.73 Å². The van der Waals surface area contributed by atoms with Crippen molar-refractivity contribution in [2.75, 3.05) is 0 Å². The molecule has 3 heteroatoms. The Bertz CT molecular complexity index is 633. The van der Waals surface area contributed by atoms with Crippen molar-refractivity contribution in [3.8, 4) is 0 Å². The zero-order chi connectivity index (χ0) is 15.5. The van der Waals surface area contributed by atoms with Gasteiger partial charge in [0, 0.05) is 6.54 Å². The molecule has 0 aliphatic heterocycles. The Morgan fingerprint density at radius 2 is 1.81 bits per heavy atom. The maximum absolute atomic E-state index is 12.4. The average molecular weight is 282 g/mol. The Hall–Kier alpha value is -2.13. The molecule has 1 amide bonds. The van der Waals surface area contributed by atoms with E-state index in [-0.39, 0.29) is 5.91 Å². The predicted molar refractivity (Wildman–Crippen MR) is 85.7 cm³/mol. The van der Waals surface area contributed by atoms with Gasteiger partial charge in [-0.05, 0) is 37.5 Å². The number of carbonyl (C=O) groups excluding carboxylic acids is 1. The highest BCUT2D eigenvalue weighted by Gasteiger charge is 2.29. The van der Waals surface area contributed by atoms with Gasteiger partial charge in [-0.1, -0.05) is 54.1 Å². The summed E-state index contributed by atoms with van der Waals surface area (Å²) in [7, 11) is 0. The maximum Gasteiger partial charge on any atom is 0.244 e. The van der Waals surface area contributed by atoms with Crippen LogP contribution in [0.2, 0.25) is 0 Å². The third kappa shape index (κ3) is 3.50. The van der Waals surface area contributed by atoms with Crippen molar-refractivity contribution in [2.45, 2.75) is 32.9 Å². The van der Waals surface area contributed by atoms with Crippen LogP contribution >= 0.6 is 0 Å². The van der Waals surface area contributed by atoms with Crippen molar-refractivity contribution in [3.05, 3.63) is 70.8 Å². The van der Waals surface area contributed by atoms with Crippen LogP contribution in [-0.4, -0.2) is 5.91 Å². The zero-order valence-electron chi connectivity index (χ0n) is 12.8. The first-order chi connectivity index (χ1) is 9.91. The summed E-state index contributed by atoms with van der Waals surface area (Å²) in [5, 5.41) is 2.93. The third-order valence-electron chi connectivity index (χ3n) is 3.78. The molecule has 2 aromatic rings. The fourth-order valence-corrected chi connectivity index (χ4v) is 2.32. The molecule has 110 valence electrons. The van der Waals surface area contributed by atoms with E-state index < -0.39 is 5.54 Å². The number of hydrogen-bond acceptors (Lipinski definition) is 2. The van der Waals surface area contributed by atoms with Gasteiger partial charge in [0.25, 0.3) is 0 Å². The van der Waals surface area contributed by atoms with E-state index >= 15 is 0 Å².